The molecule has 2 rings (SSSR count). The summed E-state index contributed by atoms with van der Waals surface area (Å²) in [6.07, 6.45) is -1.91. The summed E-state index contributed by atoms with van der Waals surface area (Å²) in [6.45, 7) is 3.13. The van der Waals surface area contributed by atoms with Crippen LogP contribution >= 0.6 is 12.4 Å². The molecule has 1 aromatic rings. The molecular weight excluding hydrogens is 377 g/mol. The monoisotopic (exact) mass is 400 g/mol. The van der Waals surface area contributed by atoms with Gasteiger partial charge in [0.1, 0.15) is 0 Å². The number of alkyl halides is 3. The van der Waals surface area contributed by atoms with Crippen LogP contribution in [-0.4, -0.2) is 39.4 Å². The lowest BCUT2D eigenvalue weighted by Crippen LogP contribution is -2.39. The fourth-order valence-electron chi connectivity index (χ4n) is 3.04. The van der Waals surface area contributed by atoms with Crippen LogP contribution < -0.4 is 5.32 Å². The van der Waals surface area contributed by atoms with E-state index in [4.69, 9.17) is 0 Å². The summed E-state index contributed by atoms with van der Waals surface area (Å²) < 4.78 is 65.0. The van der Waals surface area contributed by atoms with Crippen molar-refractivity contribution in [2.24, 2.45) is 5.92 Å². The highest BCUT2D eigenvalue weighted by atomic mass is 35.5. The van der Waals surface area contributed by atoms with Crippen LogP contribution in [0.4, 0.5) is 13.2 Å². The molecule has 1 aliphatic rings. The van der Waals surface area contributed by atoms with Crippen LogP contribution in [0.3, 0.4) is 0 Å². The molecule has 0 aromatic heterocycles. The zero-order valence-corrected chi connectivity index (χ0v) is 15.9. The second-order valence-electron chi connectivity index (χ2n) is 6.22. The van der Waals surface area contributed by atoms with Crippen LogP contribution in [0.5, 0.6) is 0 Å². The molecule has 0 bridgehead atoms. The standard InChI is InChI=1S/C16H23F3N2O2S.ClH/c1-12-11-14(16(17,18)19)3-4-15(12)24(22,23)21-9-6-13(7-10-21)5-8-20-2;/h3-4,11,13,20H,5-10H2,1-2H3;1H. The van der Waals surface area contributed by atoms with Crippen LogP contribution in [-0.2, 0) is 16.2 Å². The topological polar surface area (TPSA) is 49.4 Å². The molecule has 144 valence electrons. The minimum atomic E-state index is -4.47. The first kappa shape index (κ1) is 22.2. The number of halogens is 4. The van der Waals surface area contributed by atoms with Gasteiger partial charge in [-0.05, 0) is 69.5 Å². The number of hydrogen-bond acceptors (Lipinski definition) is 3. The SMILES string of the molecule is CNCCC1CCN(S(=O)(=O)c2ccc(C(F)(F)F)cc2C)CC1.Cl. The van der Waals surface area contributed by atoms with Crippen molar-refractivity contribution in [3.63, 3.8) is 0 Å². The molecule has 1 fully saturated rings. The number of piperidine rings is 1. The summed E-state index contributed by atoms with van der Waals surface area (Å²) in [7, 11) is -1.87. The van der Waals surface area contributed by atoms with Gasteiger partial charge < -0.3 is 5.32 Å². The predicted molar refractivity (Wildman–Crippen MR) is 93.5 cm³/mol. The molecule has 4 nitrogen and oxygen atoms in total. The number of aryl methyl sites for hydroxylation is 1. The number of rotatable bonds is 5. The van der Waals surface area contributed by atoms with E-state index in [1.165, 1.54) is 11.2 Å². The summed E-state index contributed by atoms with van der Waals surface area (Å²) in [4.78, 5) is -0.0378. The highest BCUT2D eigenvalue weighted by Gasteiger charge is 2.34. The summed E-state index contributed by atoms with van der Waals surface area (Å²) >= 11 is 0. The molecule has 1 aliphatic heterocycles. The molecule has 0 atom stereocenters. The zero-order valence-electron chi connectivity index (χ0n) is 14.3. The van der Waals surface area contributed by atoms with Crippen LogP contribution in [0, 0.1) is 12.8 Å². The van der Waals surface area contributed by atoms with Crippen LogP contribution in [0.2, 0.25) is 0 Å². The zero-order chi connectivity index (χ0) is 18.0. The van der Waals surface area contributed by atoms with E-state index in [0.29, 0.717) is 19.0 Å². The van der Waals surface area contributed by atoms with Crippen LogP contribution in [0.1, 0.15) is 30.4 Å². The van der Waals surface area contributed by atoms with Crippen molar-refractivity contribution in [3.8, 4) is 0 Å². The second-order valence-corrected chi connectivity index (χ2v) is 8.12. The largest absolute Gasteiger partial charge is 0.416 e. The Morgan fingerprint density at radius 1 is 1.24 bits per heavy atom. The normalized spacial score (nSPS) is 17.3. The van der Waals surface area contributed by atoms with E-state index >= 15 is 0 Å². The Morgan fingerprint density at radius 2 is 1.84 bits per heavy atom. The summed E-state index contributed by atoms with van der Waals surface area (Å²) in [5.74, 6) is 0.484. The highest BCUT2D eigenvalue weighted by molar-refractivity contribution is 7.89. The maximum absolute atomic E-state index is 12.7. The lowest BCUT2D eigenvalue weighted by Gasteiger charge is -2.31. The Hall–Kier alpha value is -0.830. The number of sulfonamides is 1. The van der Waals surface area contributed by atoms with Crippen molar-refractivity contribution in [1.82, 2.24) is 9.62 Å². The smallest absolute Gasteiger partial charge is 0.320 e. The van der Waals surface area contributed by atoms with Gasteiger partial charge in [-0.3, -0.25) is 0 Å². The molecule has 1 heterocycles. The van der Waals surface area contributed by atoms with E-state index in [9.17, 15) is 21.6 Å². The van der Waals surface area contributed by atoms with Gasteiger partial charge in [-0.2, -0.15) is 17.5 Å². The average molecular weight is 401 g/mol. The molecule has 0 amide bonds. The molecule has 0 spiro atoms. The highest BCUT2D eigenvalue weighted by Crippen LogP contribution is 2.33. The fourth-order valence-corrected chi connectivity index (χ4v) is 4.72. The number of benzene rings is 1. The quantitative estimate of drug-likeness (QED) is 0.823. The van der Waals surface area contributed by atoms with Crippen molar-refractivity contribution < 1.29 is 21.6 Å². The van der Waals surface area contributed by atoms with Gasteiger partial charge in [-0.25, -0.2) is 8.42 Å². The first-order chi connectivity index (χ1) is 11.2. The van der Waals surface area contributed by atoms with Gasteiger partial charge in [0.25, 0.3) is 0 Å². The molecule has 0 radical (unpaired) electrons. The van der Waals surface area contributed by atoms with Gasteiger partial charge >= 0.3 is 6.18 Å². The van der Waals surface area contributed by atoms with Gasteiger partial charge in [0.15, 0.2) is 0 Å². The van der Waals surface area contributed by atoms with E-state index in [1.54, 1.807) is 0 Å². The molecule has 0 aliphatic carbocycles. The summed E-state index contributed by atoms with van der Waals surface area (Å²) in [5, 5.41) is 3.08. The van der Waals surface area contributed by atoms with Crippen molar-refractivity contribution in [2.75, 3.05) is 26.7 Å². The Bertz CT molecular complexity index is 672. The first-order valence-electron chi connectivity index (χ1n) is 7.99. The van der Waals surface area contributed by atoms with E-state index in [2.05, 4.69) is 5.32 Å². The van der Waals surface area contributed by atoms with E-state index in [1.807, 2.05) is 7.05 Å². The van der Waals surface area contributed by atoms with Crippen molar-refractivity contribution in [3.05, 3.63) is 29.3 Å². The molecule has 0 unspecified atom stereocenters. The molecule has 25 heavy (non-hydrogen) atoms. The maximum atomic E-state index is 12.7. The Labute approximate surface area is 153 Å². The third-order valence-corrected chi connectivity index (χ3v) is 6.56. The number of nitrogens with one attached hydrogen (secondary N) is 1. The summed E-state index contributed by atoms with van der Waals surface area (Å²) in [6, 6.07) is 2.80. The van der Waals surface area contributed by atoms with E-state index in [-0.39, 0.29) is 22.9 Å². The summed E-state index contributed by atoms with van der Waals surface area (Å²) in [5.41, 5.74) is -0.702. The van der Waals surface area contributed by atoms with Gasteiger partial charge in [0.05, 0.1) is 10.5 Å². The molecule has 1 aromatic carbocycles. The fraction of sp³-hybridized carbons (Fsp3) is 0.625. The Balaban J connectivity index is 0.00000312. The Kier molecular flexibility index (Phi) is 7.73. The van der Waals surface area contributed by atoms with Gasteiger partial charge in [-0.1, -0.05) is 0 Å². The predicted octanol–water partition coefficient (Wildman–Crippen LogP) is 3.45. The van der Waals surface area contributed by atoms with Crippen LogP contribution in [0.15, 0.2) is 23.1 Å². The molecule has 1 saturated heterocycles. The minimum absolute atomic E-state index is 0. The minimum Gasteiger partial charge on any atom is -0.320 e. The van der Waals surface area contributed by atoms with Crippen molar-refractivity contribution >= 4 is 22.4 Å². The number of hydrogen-bond donors (Lipinski definition) is 1. The first-order valence-corrected chi connectivity index (χ1v) is 9.43. The van der Waals surface area contributed by atoms with Crippen LogP contribution in [0.25, 0.3) is 0 Å². The van der Waals surface area contributed by atoms with E-state index < -0.39 is 21.8 Å². The molecule has 9 heteroatoms. The third-order valence-electron chi connectivity index (χ3n) is 4.50. The van der Waals surface area contributed by atoms with Crippen molar-refractivity contribution in [1.29, 1.82) is 0 Å². The second kappa shape index (κ2) is 8.70. The molecule has 0 saturated carbocycles. The average Bonchev–Trinajstić information content (AvgIpc) is 2.52. The lowest BCUT2D eigenvalue weighted by atomic mass is 9.95. The van der Waals surface area contributed by atoms with Gasteiger partial charge in [-0.15, -0.1) is 12.4 Å². The lowest BCUT2D eigenvalue weighted by molar-refractivity contribution is -0.137. The number of nitrogens with zero attached hydrogens (tertiary/aromatic N) is 1. The third kappa shape index (κ3) is 5.32. The maximum Gasteiger partial charge on any atom is 0.416 e. The van der Waals surface area contributed by atoms with E-state index in [0.717, 1.165) is 44.0 Å². The molecule has 1 N–H and O–H groups in total. The van der Waals surface area contributed by atoms with Crippen molar-refractivity contribution in [2.45, 2.75) is 37.3 Å². The van der Waals surface area contributed by atoms with Gasteiger partial charge in [0.2, 0.25) is 10.0 Å². The molecular formula is C16H24ClF3N2O2S. The van der Waals surface area contributed by atoms with Gasteiger partial charge in [0, 0.05) is 13.1 Å². The Morgan fingerprint density at radius 3 is 2.32 bits per heavy atom.